The largest absolute Gasteiger partial charge is 0.321 e. The molecular weight excluding hydrogens is 231 g/mol. The number of hydrogen-bond acceptors (Lipinski definition) is 2. The number of anilines is 1. The Hall–Kier alpha value is -2.23. The number of carbonyl (C=O) groups excluding carboxylic acids is 1. The first kappa shape index (κ1) is 12.2. The third-order valence-corrected chi connectivity index (χ3v) is 2.72. The Morgan fingerprint density at radius 2 is 1.83 bits per heavy atom. The monoisotopic (exact) mass is 244 g/mol. The van der Waals surface area contributed by atoms with Crippen LogP contribution in [-0.2, 0) is 0 Å². The smallest absolute Gasteiger partial charge is 0.260 e. The van der Waals surface area contributed by atoms with Crippen molar-refractivity contribution in [2.45, 2.75) is 13.8 Å². The van der Waals surface area contributed by atoms with Crippen molar-refractivity contribution < 1.29 is 9.18 Å². The van der Waals surface area contributed by atoms with E-state index in [2.05, 4.69) is 10.3 Å². The van der Waals surface area contributed by atoms with E-state index in [1.54, 1.807) is 0 Å². The number of para-hydroxylation sites is 1. The first-order valence-electron chi connectivity index (χ1n) is 5.57. The molecule has 0 radical (unpaired) electrons. The Morgan fingerprint density at radius 1 is 1.17 bits per heavy atom. The van der Waals surface area contributed by atoms with Crippen LogP contribution < -0.4 is 5.32 Å². The lowest BCUT2D eigenvalue weighted by atomic mass is 10.1. The molecule has 0 aliphatic rings. The second-order valence-electron chi connectivity index (χ2n) is 4.06. The van der Waals surface area contributed by atoms with Crippen LogP contribution in [0.3, 0.4) is 0 Å². The number of nitrogens with zero attached hydrogens (tertiary/aromatic N) is 1. The summed E-state index contributed by atoms with van der Waals surface area (Å²) >= 11 is 0. The summed E-state index contributed by atoms with van der Waals surface area (Å²) in [4.78, 5) is 15.4. The first-order chi connectivity index (χ1) is 8.59. The molecule has 2 rings (SSSR count). The van der Waals surface area contributed by atoms with Gasteiger partial charge in [-0.1, -0.05) is 18.2 Å². The molecule has 0 atom stereocenters. The number of carbonyl (C=O) groups is 1. The minimum absolute atomic E-state index is 0.0554. The molecule has 1 N–H and O–H groups in total. The summed E-state index contributed by atoms with van der Waals surface area (Å²) in [7, 11) is 0. The number of halogens is 1. The van der Waals surface area contributed by atoms with Crippen LogP contribution in [0.15, 0.2) is 36.5 Å². The summed E-state index contributed by atoms with van der Waals surface area (Å²) in [6.45, 7) is 3.78. The van der Waals surface area contributed by atoms with Crippen LogP contribution in [0, 0.1) is 19.8 Å². The first-order valence-corrected chi connectivity index (χ1v) is 5.57. The van der Waals surface area contributed by atoms with E-state index in [-0.39, 0.29) is 5.56 Å². The molecule has 1 amide bonds. The zero-order chi connectivity index (χ0) is 13.1. The minimum Gasteiger partial charge on any atom is -0.321 e. The molecule has 4 heteroatoms. The maximum absolute atomic E-state index is 13.4. The van der Waals surface area contributed by atoms with Gasteiger partial charge in [0.25, 0.3) is 5.91 Å². The minimum atomic E-state index is -0.763. The molecule has 1 heterocycles. The number of hydrogen-bond donors (Lipinski definition) is 1. The molecule has 92 valence electrons. The van der Waals surface area contributed by atoms with Crippen LogP contribution in [0.4, 0.5) is 10.1 Å². The lowest BCUT2D eigenvalue weighted by Gasteiger charge is -2.11. The van der Waals surface area contributed by atoms with E-state index in [9.17, 15) is 9.18 Å². The summed E-state index contributed by atoms with van der Waals surface area (Å²) < 4.78 is 13.4. The van der Waals surface area contributed by atoms with Gasteiger partial charge in [0.2, 0.25) is 5.95 Å². The second-order valence-corrected chi connectivity index (χ2v) is 4.06. The van der Waals surface area contributed by atoms with Crippen LogP contribution in [0.2, 0.25) is 0 Å². The molecule has 2 aromatic rings. The average molecular weight is 244 g/mol. The van der Waals surface area contributed by atoms with Crippen molar-refractivity contribution in [1.82, 2.24) is 4.98 Å². The summed E-state index contributed by atoms with van der Waals surface area (Å²) in [5.41, 5.74) is 2.53. The SMILES string of the molecule is Cc1cccc(C)c1NC(=O)c1cccnc1F. The highest BCUT2D eigenvalue weighted by Crippen LogP contribution is 2.20. The highest BCUT2D eigenvalue weighted by Gasteiger charge is 2.13. The van der Waals surface area contributed by atoms with E-state index in [1.165, 1.54) is 18.3 Å². The number of aryl methyl sites for hydroxylation is 2. The molecule has 18 heavy (non-hydrogen) atoms. The van der Waals surface area contributed by atoms with Crippen LogP contribution >= 0.6 is 0 Å². The maximum atomic E-state index is 13.4. The van der Waals surface area contributed by atoms with E-state index in [1.807, 2.05) is 32.0 Å². The van der Waals surface area contributed by atoms with E-state index in [0.29, 0.717) is 5.69 Å². The number of benzene rings is 1. The standard InChI is InChI=1S/C14H13FN2O/c1-9-5-3-6-10(2)12(9)17-14(18)11-7-4-8-16-13(11)15/h3-8H,1-2H3,(H,17,18). The molecule has 0 unspecified atom stereocenters. The van der Waals surface area contributed by atoms with Gasteiger partial charge in [-0.15, -0.1) is 0 Å². The zero-order valence-corrected chi connectivity index (χ0v) is 10.2. The second kappa shape index (κ2) is 4.96. The summed E-state index contributed by atoms with van der Waals surface area (Å²) in [5, 5.41) is 2.72. The van der Waals surface area contributed by atoms with Gasteiger partial charge in [0, 0.05) is 11.9 Å². The topological polar surface area (TPSA) is 42.0 Å². The molecule has 0 saturated heterocycles. The molecule has 0 bridgehead atoms. The zero-order valence-electron chi connectivity index (χ0n) is 10.2. The fourth-order valence-electron chi connectivity index (χ4n) is 1.75. The Morgan fingerprint density at radius 3 is 2.44 bits per heavy atom. The van der Waals surface area contributed by atoms with Crippen LogP contribution in [0.25, 0.3) is 0 Å². The van der Waals surface area contributed by atoms with Crippen molar-refractivity contribution in [2.75, 3.05) is 5.32 Å². The van der Waals surface area contributed by atoms with Crippen molar-refractivity contribution >= 4 is 11.6 Å². The molecule has 0 fully saturated rings. The summed E-state index contributed by atoms with van der Waals surface area (Å²) in [6.07, 6.45) is 1.31. The van der Waals surface area contributed by atoms with E-state index >= 15 is 0 Å². The predicted molar refractivity (Wildman–Crippen MR) is 68.1 cm³/mol. The van der Waals surface area contributed by atoms with Gasteiger partial charge in [-0.25, -0.2) is 4.98 Å². The Kier molecular flexibility index (Phi) is 3.37. The fraction of sp³-hybridized carbons (Fsp3) is 0.143. The highest BCUT2D eigenvalue weighted by molar-refractivity contribution is 6.05. The normalized spacial score (nSPS) is 10.2. The van der Waals surface area contributed by atoms with Gasteiger partial charge >= 0.3 is 0 Å². The molecule has 0 saturated carbocycles. The molecule has 1 aromatic heterocycles. The van der Waals surface area contributed by atoms with Crippen molar-refractivity contribution in [3.05, 3.63) is 59.2 Å². The van der Waals surface area contributed by atoms with E-state index in [4.69, 9.17) is 0 Å². The van der Waals surface area contributed by atoms with Crippen molar-refractivity contribution in [2.24, 2.45) is 0 Å². The average Bonchev–Trinajstić information content (AvgIpc) is 2.34. The van der Waals surface area contributed by atoms with Crippen molar-refractivity contribution in [3.8, 4) is 0 Å². The Bertz CT molecular complexity index is 576. The third-order valence-electron chi connectivity index (χ3n) is 2.72. The van der Waals surface area contributed by atoms with Crippen molar-refractivity contribution in [1.29, 1.82) is 0 Å². The fourth-order valence-corrected chi connectivity index (χ4v) is 1.75. The molecule has 0 aliphatic heterocycles. The number of amides is 1. The van der Waals surface area contributed by atoms with Crippen LogP contribution in [0.5, 0.6) is 0 Å². The molecular formula is C14H13FN2O. The Balaban J connectivity index is 2.30. The number of rotatable bonds is 2. The molecule has 0 spiro atoms. The van der Waals surface area contributed by atoms with Crippen molar-refractivity contribution in [3.63, 3.8) is 0 Å². The van der Waals surface area contributed by atoms with E-state index < -0.39 is 11.9 Å². The molecule has 0 aliphatic carbocycles. The summed E-state index contributed by atoms with van der Waals surface area (Å²) in [6, 6.07) is 8.63. The Labute approximate surface area is 105 Å². The predicted octanol–water partition coefficient (Wildman–Crippen LogP) is 3.09. The van der Waals surface area contributed by atoms with Gasteiger partial charge in [0.05, 0.1) is 5.56 Å². The van der Waals surface area contributed by atoms with Gasteiger partial charge in [0.15, 0.2) is 0 Å². The highest BCUT2D eigenvalue weighted by atomic mass is 19.1. The van der Waals surface area contributed by atoms with E-state index in [0.717, 1.165) is 11.1 Å². The lowest BCUT2D eigenvalue weighted by molar-refractivity contribution is 0.102. The van der Waals surface area contributed by atoms with Crippen LogP contribution in [-0.4, -0.2) is 10.9 Å². The lowest BCUT2D eigenvalue weighted by Crippen LogP contribution is -2.15. The quantitative estimate of drug-likeness (QED) is 0.825. The van der Waals surface area contributed by atoms with Gasteiger partial charge in [-0.05, 0) is 37.1 Å². The van der Waals surface area contributed by atoms with Gasteiger partial charge < -0.3 is 5.32 Å². The molecule has 1 aromatic carbocycles. The number of pyridine rings is 1. The van der Waals surface area contributed by atoms with Gasteiger partial charge in [-0.3, -0.25) is 4.79 Å². The molecule has 3 nitrogen and oxygen atoms in total. The summed E-state index contributed by atoms with van der Waals surface area (Å²) in [5.74, 6) is -1.25. The van der Waals surface area contributed by atoms with Crippen LogP contribution in [0.1, 0.15) is 21.5 Å². The van der Waals surface area contributed by atoms with Gasteiger partial charge in [-0.2, -0.15) is 4.39 Å². The third kappa shape index (κ3) is 2.37. The number of nitrogens with one attached hydrogen (secondary N) is 1. The maximum Gasteiger partial charge on any atom is 0.260 e. The number of aromatic nitrogens is 1. The van der Waals surface area contributed by atoms with Gasteiger partial charge in [0.1, 0.15) is 0 Å².